The van der Waals surface area contributed by atoms with Crippen LogP contribution in [0.25, 0.3) is 0 Å². The van der Waals surface area contributed by atoms with E-state index in [0.717, 1.165) is 25.9 Å². The summed E-state index contributed by atoms with van der Waals surface area (Å²) in [5.74, 6) is 0.473. The molecule has 0 saturated carbocycles. The molecule has 19 heavy (non-hydrogen) atoms. The number of hydrogen-bond donors (Lipinski definition) is 1. The molecular weight excluding hydrogens is 244 g/mol. The van der Waals surface area contributed by atoms with Crippen molar-refractivity contribution in [3.63, 3.8) is 0 Å². The van der Waals surface area contributed by atoms with Crippen LogP contribution in [-0.2, 0) is 16.6 Å². The first-order valence-corrected chi connectivity index (χ1v) is 6.64. The summed E-state index contributed by atoms with van der Waals surface area (Å²) in [4.78, 5) is 13.9. The summed E-state index contributed by atoms with van der Waals surface area (Å²) in [6.45, 7) is 1.79. The highest BCUT2D eigenvalue weighted by Gasteiger charge is 2.27. The smallest absolute Gasteiger partial charge is 0.241 e. The minimum atomic E-state index is -0.543. The quantitative estimate of drug-likeness (QED) is 0.839. The number of aromatic nitrogens is 2. The largest absolute Gasteiger partial charge is 0.383 e. The molecule has 1 amide bonds. The van der Waals surface area contributed by atoms with E-state index in [1.807, 2.05) is 22.8 Å². The molecule has 1 fully saturated rings. The monoisotopic (exact) mass is 266 g/mol. The van der Waals surface area contributed by atoms with Crippen LogP contribution >= 0.6 is 0 Å². The lowest BCUT2D eigenvalue weighted by atomic mass is 9.93. The molecule has 1 saturated heterocycles. The molecule has 1 aliphatic heterocycles. The molecule has 6 heteroatoms. The third kappa shape index (κ3) is 3.13. The fourth-order valence-electron chi connectivity index (χ4n) is 2.67. The lowest BCUT2D eigenvalue weighted by Gasteiger charge is -2.33. The predicted octanol–water partition coefficient (Wildman–Crippen LogP) is 0.0998. The Kier molecular flexibility index (Phi) is 4.55. The lowest BCUT2D eigenvalue weighted by Crippen LogP contribution is -2.48. The van der Waals surface area contributed by atoms with Crippen molar-refractivity contribution in [2.24, 2.45) is 12.8 Å². The Balaban J connectivity index is 1.89. The van der Waals surface area contributed by atoms with Gasteiger partial charge in [-0.05, 0) is 18.9 Å². The summed E-state index contributed by atoms with van der Waals surface area (Å²) in [5, 5.41) is 4.20. The van der Waals surface area contributed by atoms with Crippen molar-refractivity contribution in [3.05, 3.63) is 18.0 Å². The van der Waals surface area contributed by atoms with Crippen molar-refractivity contribution < 1.29 is 9.53 Å². The molecule has 1 unspecified atom stereocenters. The standard InChI is InChI=1S/C13H22N4O2/c1-16-12(3-6-15-16)10-4-7-17(8-5-10)13(18)11(14)9-19-2/h3,6,10-11H,4-5,7-9,14H2,1-2H3. The van der Waals surface area contributed by atoms with Gasteiger partial charge in [-0.3, -0.25) is 9.48 Å². The van der Waals surface area contributed by atoms with E-state index >= 15 is 0 Å². The van der Waals surface area contributed by atoms with E-state index in [0.29, 0.717) is 5.92 Å². The number of carbonyl (C=O) groups excluding carboxylic acids is 1. The SMILES string of the molecule is COCC(N)C(=O)N1CCC(c2ccnn2C)CC1. The third-order valence-electron chi connectivity index (χ3n) is 3.75. The van der Waals surface area contributed by atoms with E-state index in [2.05, 4.69) is 11.2 Å². The molecule has 106 valence electrons. The minimum absolute atomic E-state index is 0.00898. The van der Waals surface area contributed by atoms with E-state index in [1.54, 1.807) is 7.11 Å². The predicted molar refractivity (Wildman–Crippen MR) is 71.6 cm³/mol. The fraction of sp³-hybridized carbons (Fsp3) is 0.692. The van der Waals surface area contributed by atoms with Gasteiger partial charge in [-0.25, -0.2) is 0 Å². The van der Waals surface area contributed by atoms with Crippen molar-refractivity contribution in [1.29, 1.82) is 0 Å². The van der Waals surface area contributed by atoms with Crippen LogP contribution in [0.3, 0.4) is 0 Å². The van der Waals surface area contributed by atoms with Crippen molar-refractivity contribution in [3.8, 4) is 0 Å². The number of rotatable bonds is 4. The van der Waals surface area contributed by atoms with Crippen molar-refractivity contribution in [1.82, 2.24) is 14.7 Å². The van der Waals surface area contributed by atoms with E-state index in [9.17, 15) is 4.79 Å². The van der Waals surface area contributed by atoms with Gasteiger partial charge in [0.05, 0.1) is 6.61 Å². The number of likely N-dealkylation sites (tertiary alicyclic amines) is 1. The van der Waals surface area contributed by atoms with E-state index < -0.39 is 6.04 Å². The molecule has 6 nitrogen and oxygen atoms in total. The number of ether oxygens (including phenoxy) is 1. The molecule has 0 aliphatic carbocycles. The van der Waals surface area contributed by atoms with Crippen molar-refractivity contribution >= 4 is 5.91 Å². The highest BCUT2D eigenvalue weighted by Crippen LogP contribution is 2.27. The number of piperidine rings is 1. The zero-order valence-corrected chi connectivity index (χ0v) is 11.6. The van der Waals surface area contributed by atoms with Gasteiger partial charge in [0.25, 0.3) is 0 Å². The number of carbonyl (C=O) groups is 1. The van der Waals surface area contributed by atoms with Crippen LogP contribution < -0.4 is 5.73 Å². The highest BCUT2D eigenvalue weighted by atomic mass is 16.5. The molecular formula is C13H22N4O2. The topological polar surface area (TPSA) is 73.4 Å². The van der Waals surface area contributed by atoms with Gasteiger partial charge >= 0.3 is 0 Å². The molecule has 2 heterocycles. The van der Waals surface area contributed by atoms with Crippen LogP contribution in [0.2, 0.25) is 0 Å². The maximum atomic E-state index is 12.1. The summed E-state index contributed by atoms with van der Waals surface area (Å²) in [6, 6.07) is 1.51. The van der Waals surface area contributed by atoms with Gasteiger partial charge < -0.3 is 15.4 Å². The molecule has 1 atom stereocenters. The lowest BCUT2D eigenvalue weighted by molar-refractivity contribution is -0.134. The van der Waals surface area contributed by atoms with Crippen molar-refractivity contribution in [2.45, 2.75) is 24.8 Å². The maximum absolute atomic E-state index is 12.1. The van der Waals surface area contributed by atoms with E-state index in [1.165, 1.54) is 5.69 Å². The number of amides is 1. The van der Waals surface area contributed by atoms with Gasteiger partial charge in [0.2, 0.25) is 5.91 Å². The molecule has 1 aromatic rings. The number of hydrogen-bond acceptors (Lipinski definition) is 4. The second-order valence-electron chi connectivity index (χ2n) is 5.04. The Morgan fingerprint density at radius 2 is 2.26 bits per heavy atom. The zero-order valence-electron chi connectivity index (χ0n) is 11.6. The van der Waals surface area contributed by atoms with Gasteiger partial charge in [-0.15, -0.1) is 0 Å². The molecule has 2 N–H and O–H groups in total. The molecule has 0 aromatic carbocycles. The molecule has 1 aromatic heterocycles. The molecule has 2 rings (SSSR count). The Bertz CT molecular complexity index is 424. The fourth-order valence-corrected chi connectivity index (χ4v) is 2.67. The van der Waals surface area contributed by atoms with Gasteiger partial charge in [-0.2, -0.15) is 5.10 Å². The van der Waals surface area contributed by atoms with Crippen LogP contribution in [0.1, 0.15) is 24.5 Å². The maximum Gasteiger partial charge on any atom is 0.241 e. The normalized spacial score (nSPS) is 18.6. The Hall–Kier alpha value is -1.40. The zero-order chi connectivity index (χ0) is 13.8. The summed E-state index contributed by atoms with van der Waals surface area (Å²) < 4.78 is 6.84. The van der Waals surface area contributed by atoms with Crippen LogP contribution in [0.15, 0.2) is 12.3 Å². The molecule has 0 spiro atoms. The number of aryl methyl sites for hydroxylation is 1. The first kappa shape index (κ1) is 14.0. The molecule has 0 radical (unpaired) electrons. The summed E-state index contributed by atoms with van der Waals surface area (Å²) in [7, 11) is 3.52. The molecule has 1 aliphatic rings. The molecule has 0 bridgehead atoms. The summed E-state index contributed by atoms with van der Waals surface area (Å²) >= 11 is 0. The van der Waals surface area contributed by atoms with Gasteiger partial charge in [0.1, 0.15) is 6.04 Å². The third-order valence-corrected chi connectivity index (χ3v) is 3.75. The minimum Gasteiger partial charge on any atom is -0.383 e. The Labute approximate surface area is 113 Å². The van der Waals surface area contributed by atoms with Crippen LogP contribution in [0, 0.1) is 0 Å². The second kappa shape index (κ2) is 6.16. The highest BCUT2D eigenvalue weighted by molar-refractivity contribution is 5.81. The first-order chi connectivity index (χ1) is 9.13. The van der Waals surface area contributed by atoms with Crippen LogP contribution in [0.4, 0.5) is 0 Å². The van der Waals surface area contributed by atoms with Gasteiger partial charge in [0, 0.05) is 45.1 Å². The number of nitrogens with two attached hydrogens (primary N) is 1. The van der Waals surface area contributed by atoms with Gasteiger partial charge in [-0.1, -0.05) is 0 Å². The Morgan fingerprint density at radius 1 is 1.58 bits per heavy atom. The number of nitrogens with zero attached hydrogens (tertiary/aromatic N) is 3. The van der Waals surface area contributed by atoms with E-state index in [-0.39, 0.29) is 12.5 Å². The van der Waals surface area contributed by atoms with Crippen molar-refractivity contribution in [2.75, 3.05) is 26.8 Å². The van der Waals surface area contributed by atoms with E-state index in [4.69, 9.17) is 10.5 Å². The van der Waals surface area contributed by atoms with Crippen LogP contribution in [0.5, 0.6) is 0 Å². The number of methoxy groups -OCH3 is 1. The second-order valence-corrected chi connectivity index (χ2v) is 5.04. The van der Waals surface area contributed by atoms with Crippen LogP contribution in [-0.4, -0.2) is 53.4 Å². The first-order valence-electron chi connectivity index (χ1n) is 6.64. The average molecular weight is 266 g/mol. The Morgan fingerprint density at radius 3 is 2.79 bits per heavy atom. The van der Waals surface area contributed by atoms with Gasteiger partial charge in [0.15, 0.2) is 0 Å². The average Bonchev–Trinajstić information content (AvgIpc) is 2.84. The summed E-state index contributed by atoms with van der Waals surface area (Å²) in [5.41, 5.74) is 7.03. The summed E-state index contributed by atoms with van der Waals surface area (Å²) in [6.07, 6.45) is 3.75.